The second-order valence-electron chi connectivity index (χ2n) is 5.71. The number of carbonyl (C=O) groups is 1. The minimum Gasteiger partial charge on any atom is -0.350 e. The molecule has 1 aromatic carbocycles. The van der Waals surface area contributed by atoms with Crippen LogP contribution in [0.3, 0.4) is 0 Å². The largest absolute Gasteiger partial charge is 0.350 e. The van der Waals surface area contributed by atoms with Crippen LogP contribution in [-0.4, -0.2) is 10.9 Å². The molecule has 0 spiro atoms. The predicted molar refractivity (Wildman–Crippen MR) is 89.5 cm³/mol. The molecule has 1 atom stereocenters. The fraction of sp³-hybridized carbons (Fsp3) is 0.368. The lowest BCUT2D eigenvalue weighted by molar-refractivity contribution is -0.121. The topological polar surface area (TPSA) is 42.0 Å². The molecule has 22 heavy (non-hydrogen) atoms. The van der Waals surface area contributed by atoms with E-state index in [4.69, 9.17) is 0 Å². The predicted octanol–water partition coefficient (Wildman–Crippen LogP) is 3.98. The zero-order valence-corrected chi connectivity index (χ0v) is 13.4. The first-order chi connectivity index (χ1) is 10.6. The van der Waals surface area contributed by atoms with Crippen LogP contribution >= 0.6 is 0 Å². The Bertz CT molecular complexity index is 578. The number of amides is 1. The molecule has 1 amide bonds. The normalized spacial score (nSPS) is 11.9. The van der Waals surface area contributed by atoms with Gasteiger partial charge in [-0.2, -0.15) is 0 Å². The summed E-state index contributed by atoms with van der Waals surface area (Å²) in [5, 5.41) is 3.04. The number of nitrogens with one attached hydrogen (secondary N) is 1. The second-order valence-corrected chi connectivity index (χ2v) is 5.71. The van der Waals surface area contributed by atoms with Gasteiger partial charge in [0.15, 0.2) is 0 Å². The van der Waals surface area contributed by atoms with Gasteiger partial charge in [0.1, 0.15) is 0 Å². The number of carbonyl (C=O) groups excluding carboxylic acids is 1. The molecule has 0 saturated carbocycles. The van der Waals surface area contributed by atoms with Crippen LogP contribution in [0.4, 0.5) is 0 Å². The fourth-order valence-electron chi connectivity index (χ4n) is 2.39. The fourth-order valence-corrected chi connectivity index (χ4v) is 2.39. The van der Waals surface area contributed by atoms with E-state index < -0.39 is 0 Å². The molecule has 0 unspecified atom stereocenters. The number of aryl methyl sites for hydroxylation is 2. The van der Waals surface area contributed by atoms with Crippen LogP contribution < -0.4 is 5.32 Å². The van der Waals surface area contributed by atoms with Gasteiger partial charge in [-0.05, 0) is 50.3 Å². The van der Waals surface area contributed by atoms with Crippen molar-refractivity contribution >= 4 is 5.91 Å². The molecule has 2 aromatic rings. The average molecular weight is 296 g/mol. The Morgan fingerprint density at radius 3 is 2.59 bits per heavy atom. The first-order valence-corrected chi connectivity index (χ1v) is 7.91. The highest BCUT2D eigenvalue weighted by molar-refractivity contribution is 5.76. The van der Waals surface area contributed by atoms with Crippen molar-refractivity contribution in [3.8, 4) is 0 Å². The Morgan fingerprint density at radius 1 is 1.14 bits per heavy atom. The minimum atomic E-state index is 0.00900. The second kappa shape index (κ2) is 8.32. The van der Waals surface area contributed by atoms with E-state index in [9.17, 15) is 4.79 Å². The van der Waals surface area contributed by atoms with Crippen molar-refractivity contribution in [1.82, 2.24) is 10.3 Å². The summed E-state index contributed by atoms with van der Waals surface area (Å²) in [4.78, 5) is 16.2. The third-order valence-corrected chi connectivity index (χ3v) is 3.77. The Labute approximate surface area is 132 Å². The smallest absolute Gasteiger partial charge is 0.220 e. The molecule has 2 rings (SSSR count). The maximum Gasteiger partial charge on any atom is 0.220 e. The molecule has 1 heterocycles. The third kappa shape index (κ3) is 5.32. The summed E-state index contributed by atoms with van der Waals surface area (Å²) in [6.45, 7) is 3.95. The molecule has 0 bridgehead atoms. The van der Waals surface area contributed by atoms with Crippen LogP contribution in [0.15, 0.2) is 48.7 Å². The van der Waals surface area contributed by atoms with Crippen molar-refractivity contribution < 1.29 is 4.79 Å². The minimum absolute atomic E-state index is 0.00900. The number of nitrogens with zero attached hydrogens (tertiary/aromatic N) is 1. The molecule has 0 aliphatic carbocycles. The Balaban J connectivity index is 1.68. The highest BCUT2D eigenvalue weighted by Crippen LogP contribution is 2.12. The number of unbranched alkanes of at least 4 members (excludes halogenated alkanes) is 1. The lowest BCUT2D eigenvalue weighted by Gasteiger charge is -2.14. The van der Waals surface area contributed by atoms with Crippen molar-refractivity contribution in [2.45, 2.75) is 45.6 Å². The summed E-state index contributed by atoms with van der Waals surface area (Å²) in [6, 6.07) is 14.4. The maximum atomic E-state index is 12.0. The first-order valence-electron chi connectivity index (χ1n) is 7.91. The lowest BCUT2D eigenvalue weighted by Crippen LogP contribution is -2.26. The molecule has 1 aromatic heterocycles. The summed E-state index contributed by atoms with van der Waals surface area (Å²) in [5.74, 6) is 0.112. The van der Waals surface area contributed by atoms with Crippen LogP contribution in [0.1, 0.15) is 49.0 Å². The highest BCUT2D eigenvalue weighted by Gasteiger charge is 2.09. The summed E-state index contributed by atoms with van der Waals surface area (Å²) >= 11 is 0. The van der Waals surface area contributed by atoms with Gasteiger partial charge in [-0.1, -0.05) is 36.4 Å². The average Bonchev–Trinajstić information content (AvgIpc) is 2.53. The van der Waals surface area contributed by atoms with Crippen LogP contribution in [0.2, 0.25) is 0 Å². The van der Waals surface area contributed by atoms with E-state index in [1.165, 1.54) is 5.56 Å². The van der Waals surface area contributed by atoms with Crippen molar-refractivity contribution in [2.24, 2.45) is 0 Å². The summed E-state index contributed by atoms with van der Waals surface area (Å²) in [5.41, 5.74) is 3.37. The highest BCUT2D eigenvalue weighted by atomic mass is 16.1. The van der Waals surface area contributed by atoms with Crippen LogP contribution in [0.5, 0.6) is 0 Å². The summed E-state index contributed by atoms with van der Waals surface area (Å²) < 4.78 is 0. The number of aromatic nitrogens is 1. The molecular weight excluding hydrogens is 272 g/mol. The van der Waals surface area contributed by atoms with E-state index in [1.807, 2.05) is 38.2 Å². The van der Waals surface area contributed by atoms with Gasteiger partial charge in [0.05, 0.1) is 6.04 Å². The standard InChI is InChI=1S/C19H24N2O/c1-15-12-13-18(14-20-15)16(2)21-19(22)11-7-6-10-17-8-4-3-5-9-17/h3-5,8-9,12-14,16H,6-7,10-11H2,1-2H3,(H,21,22)/t16-/m1/s1. The van der Waals surface area contributed by atoms with Gasteiger partial charge in [0, 0.05) is 18.3 Å². The van der Waals surface area contributed by atoms with E-state index in [0.29, 0.717) is 6.42 Å². The van der Waals surface area contributed by atoms with Crippen LogP contribution in [0, 0.1) is 6.92 Å². The van der Waals surface area contributed by atoms with Gasteiger partial charge in [0.2, 0.25) is 5.91 Å². The van der Waals surface area contributed by atoms with Gasteiger partial charge in [-0.3, -0.25) is 9.78 Å². The van der Waals surface area contributed by atoms with E-state index >= 15 is 0 Å². The van der Waals surface area contributed by atoms with Gasteiger partial charge < -0.3 is 5.32 Å². The molecule has 0 aliphatic heterocycles. The van der Waals surface area contributed by atoms with E-state index in [-0.39, 0.29) is 11.9 Å². The van der Waals surface area contributed by atoms with Crippen molar-refractivity contribution in [3.63, 3.8) is 0 Å². The summed E-state index contributed by atoms with van der Waals surface area (Å²) in [6.07, 6.45) is 5.40. The number of pyridine rings is 1. The summed E-state index contributed by atoms with van der Waals surface area (Å²) in [7, 11) is 0. The Hall–Kier alpha value is -2.16. The number of hydrogen-bond donors (Lipinski definition) is 1. The molecule has 0 aliphatic rings. The van der Waals surface area contributed by atoms with E-state index in [1.54, 1.807) is 0 Å². The SMILES string of the molecule is Cc1ccc([C@@H](C)NC(=O)CCCCc2ccccc2)cn1. The van der Waals surface area contributed by atoms with Gasteiger partial charge >= 0.3 is 0 Å². The number of rotatable bonds is 7. The van der Waals surface area contributed by atoms with Crippen molar-refractivity contribution in [1.29, 1.82) is 0 Å². The van der Waals surface area contributed by atoms with Crippen LogP contribution in [0.25, 0.3) is 0 Å². The van der Waals surface area contributed by atoms with E-state index in [2.05, 4.69) is 34.6 Å². The lowest BCUT2D eigenvalue weighted by atomic mass is 10.1. The Morgan fingerprint density at radius 2 is 1.91 bits per heavy atom. The monoisotopic (exact) mass is 296 g/mol. The zero-order chi connectivity index (χ0) is 15.8. The van der Waals surface area contributed by atoms with Crippen molar-refractivity contribution in [3.05, 3.63) is 65.5 Å². The Kier molecular flexibility index (Phi) is 6.13. The first kappa shape index (κ1) is 16.2. The molecule has 0 fully saturated rings. The number of benzene rings is 1. The zero-order valence-electron chi connectivity index (χ0n) is 13.4. The maximum absolute atomic E-state index is 12.0. The quantitative estimate of drug-likeness (QED) is 0.785. The number of hydrogen-bond acceptors (Lipinski definition) is 2. The van der Waals surface area contributed by atoms with Crippen molar-refractivity contribution in [2.75, 3.05) is 0 Å². The molecule has 0 saturated heterocycles. The molecular formula is C19H24N2O. The van der Waals surface area contributed by atoms with Gasteiger partial charge in [-0.15, -0.1) is 0 Å². The van der Waals surface area contributed by atoms with Gasteiger partial charge in [-0.25, -0.2) is 0 Å². The van der Waals surface area contributed by atoms with Gasteiger partial charge in [0.25, 0.3) is 0 Å². The molecule has 116 valence electrons. The molecule has 0 radical (unpaired) electrons. The van der Waals surface area contributed by atoms with E-state index in [0.717, 1.165) is 30.5 Å². The third-order valence-electron chi connectivity index (χ3n) is 3.77. The molecule has 3 nitrogen and oxygen atoms in total. The molecule has 3 heteroatoms. The van der Waals surface area contributed by atoms with Crippen LogP contribution in [-0.2, 0) is 11.2 Å². The molecule has 1 N–H and O–H groups in total.